The lowest BCUT2D eigenvalue weighted by molar-refractivity contribution is 0.00696. The number of hydrogen-bond acceptors (Lipinski definition) is 4. The van der Waals surface area contributed by atoms with Crippen molar-refractivity contribution in [1.82, 2.24) is 5.32 Å². The summed E-state index contributed by atoms with van der Waals surface area (Å²) < 4.78 is 32.4. The van der Waals surface area contributed by atoms with Crippen molar-refractivity contribution in [2.75, 3.05) is 5.32 Å². The number of amides is 3. The average molecular weight is 411 g/mol. The van der Waals surface area contributed by atoms with Gasteiger partial charge in [-0.15, -0.1) is 0 Å². The normalized spacial score (nSPS) is 10.9. The van der Waals surface area contributed by atoms with Gasteiger partial charge in [-0.2, -0.15) is 0 Å². The van der Waals surface area contributed by atoms with E-state index in [1.54, 1.807) is 20.8 Å². The molecule has 148 valence electrons. The molecule has 2 N–H and O–H groups in total. The number of benzene rings is 2. The molecule has 0 bridgehead atoms. The molecule has 2 aromatic rings. The van der Waals surface area contributed by atoms with Crippen LogP contribution in [0.5, 0.6) is 0 Å². The Hall–Kier alpha value is -3.00. The van der Waals surface area contributed by atoms with Crippen LogP contribution in [0, 0.1) is 11.6 Å². The molecule has 0 saturated heterocycles. The van der Waals surface area contributed by atoms with Crippen molar-refractivity contribution in [1.29, 1.82) is 0 Å². The summed E-state index contributed by atoms with van der Waals surface area (Å²) in [6, 6.07) is 5.82. The van der Waals surface area contributed by atoms with E-state index in [1.807, 2.05) is 5.32 Å². The van der Waals surface area contributed by atoms with Crippen LogP contribution >= 0.6 is 11.6 Å². The van der Waals surface area contributed by atoms with Gasteiger partial charge in [0.25, 0.3) is 5.91 Å². The van der Waals surface area contributed by atoms with E-state index in [1.165, 1.54) is 18.2 Å². The van der Waals surface area contributed by atoms with Gasteiger partial charge in [-0.3, -0.25) is 10.1 Å². The molecular formula is C19H17ClF2N2O4. The molecule has 0 fully saturated rings. The summed E-state index contributed by atoms with van der Waals surface area (Å²) in [7, 11) is 0. The van der Waals surface area contributed by atoms with E-state index >= 15 is 0 Å². The topological polar surface area (TPSA) is 84.5 Å². The van der Waals surface area contributed by atoms with E-state index < -0.39 is 40.7 Å². The molecular weight excluding hydrogens is 394 g/mol. The Morgan fingerprint density at radius 3 is 2.18 bits per heavy atom. The highest BCUT2D eigenvalue weighted by atomic mass is 35.5. The Labute approximate surface area is 164 Å². The van der Waals surface area contributed by atoms with Gasteiger partial charge in [0.1, 0.15) is 22.8 Å². The Bertz CT molecular complexity index is 922. The maximum absolute atomic E-state index is 13.6. The third kappa shape index (κ3) is 5.50. The number of halogens is 3. The zero-order valence-electron chi connectivity index (χ0n) is 15.2. The number of imide groups is 1. The molecule has 3 amide bonds. The Kier molecular flexibility index (Phi) is 6.35. The van der Waals surface area contributed by atoms with Crippen LogP contribution < -0.4 is 10.6 Å². The summed E-state index contributed by atoms with van der Waals surface area (Å²) in [6.45, 7) is 5.11. The first-order chi connectivity index (χ1) is 13.0. The van der Waals surface area contributed by atoms with Crippen LogP contribution in [0.3, 0.4) is 0 Å². The molecule has 9 heteroatoms. The zero-order chi connectivity index (χ0) is 21.1. The summed E-state index contributed by atoms with van der Waals surface area (Å²) >= 11 is 6.04. The number of carbonyl (C=O) groups excluding carboxylic acids is 3. The van der Waals surface area contributed by atoms with E-state index in [0.717, 1.165) is 18.2 Å². The van der Waals surface area contributed by atoms with Crippen molar-refractivity contribution in [3.8, 4) is 0 Å². The maximum atomic E-state index is 13.6. The first-order valence-corrected chi connectivity index (χ1v) is 8.45. The zero-order valence-corrected chi connectivity index (χ0v) is 16.0. The quantitative estimate of drug-likeness (QED) is 0.728. The predicted octanol–water partition coefficient (Wildman–Crippen LogP) is 4.54. The lowest BCUT2D eigenvalue weighted by Crippen LogP contribution is -2.35. The summed E-state index contributed by atoms with van der Waals surface area (Å²) in [6.07, 6.45) is 0. The Morgan fingerprint density at radius 2 is 1.64 bits per heavy atom. The third-order valence-corrected chi connectivity index (χ3v) is 3.58. The lowest BCUT2D eigenvalue weighted by Gasteiger charge is -2.20. The molecule has 28 heavy (non-hydrogen) atoms. The molecule has 0 unspecified atom stereocenters. The largest absolute Gasteiger partial charge is 0.456 e. The minimum Gasteiger partial charge on any atom is -0.456 e. The second-order valence-electron chi connectivity index (χ2n) is 6.70. The van der Waals surface area contributed by atoms with Crippen molar-refractivity contribution < 1.29 is 27.9 Å². The van der Waals surface area contributed by atoms with Crippen LogP contribution in [0.2, 0.25) is 5.02 Å². The van der Waals surface area contributed by atoms with Gasteiger partial charge in [-0.1, -0.05) is 17.7 Å². The highest BCUT2D eigenvalue weighted by Crippen LogP contribution is 2.23. The second-order valence-corrected chi connectivity index (χ2v) is 7.11. The van der Waals surface area contributed by atoms with Crippen molar-refractivity contribution in [2.24, 2.45) is 0 Å². The molecule has 0 aliphatic heterocycles. The highest BCUT2D eigenvalue weighted by Gasteiger charge is 2.21. The van der Waals surface area contributed by atoms with Gasteiger partial charge in [-0.25, -0.2) is 18.4 Å². The monoisotopic (exact) mass is 410 g/mol. The summed E-state index contributed by atoms with van der Waals surface area (Å²) in [5.74, 6) is -4.09. The van der Waals surface area contributed by atoms with Crippen LogP contribution in [0.15, 0.2) is 36.4 Å². The van der Waals surface area contributed by atoms with Crippen LogP contribution in [-0.2, 0) is 4.74 Å². The number of urea groups is 1. The molecule has 0 aliphatic rings. The van der Waals surface area contributed by atoms with Gasteiger partial charge in [0.15, 0.2) is 0 Å². The fraction of sp³-hybridized carbons (Fsp3) is 0.211. The Balaban J connectivity index is 2.07. The lowest BCUT2D eigenvalue weighted by atomic mass is 10.1. The van der Waals surface area contributed by atoms with Crippen LogP contribution in [-0.4, -0.2) is 23.5 Å². The van der Waals surface area contributed by atoms with Crippen LogP contribution in [0.4, 0.5) is 19.3 Å². The van der Waals surface area contributed by atoms with E-state index in [-0.39, 0.29) is 16.3 Å². The van der Waals surface area contributed by atoms with Gasteiger partial charge in [0.05, 0.1) is 10.6 Å². The first kappa shape index (κ1) is 21.3. The number of anilines is 1. The SMILES string of the molecule is CC(C)(C)OC(=O)c1ccc(NC(=O)NC(=O)c2c(F)cccc2F)cc1Cl. The number of ether oxygens (including phenoxy) is 1. The molecule has 0 aromatic heterocycles. The fourth-order valence-electron chi connectivity index (χ4n) is 2.13. The summed E-state index contributed by atoms with van der Waals surface area (Å²) in [4.78, 5) is 35.9. The van der Waals surface area contributed by atoms with Crippen molar-refractivity contribution in [3.05, 3.63) is 64.2 Å². The van der Waals surface area contributed by atoms with Gasteiger partial charge in [-0.05, 0) is 51.1 Å². The molecule has 0 saturated carbocycles. The molecule has 0 spiro atoms. The molecule has 2 aromatic carbocycles. The summed E-state index contributed by atoms with van der Waals surface area (Å²) in [5, 5.41) is 4.11. The third-order valence-electron chi connectivity index (χ3n) is 3.26. The number of carbonyl (C=O) groups is 3. The highest BCUT2D eigenvalue weighted by molar-refractivity contribution is 6.34. The van der Waals surface area contributed by atoms with Gasteiger partial charge < -0.3 is 10.1 Å². The number of esters is 1. The van der Waals surface area contributed by atoms with Gasteiger partial charge in [0.2, 0.25) is 0 Å². The Morgan fingerprint density at radius 1 is 1.04 bits per heavy atom. The van der Waals surface area contributed by atoms with Gasteiger partial charge >= 0.3 is 12.0 Å². The standard InChI is InChI=1S/C19H17ClF2N2O4/c1-19(2,3)28-17(26)11-8-7-10(9-12(11)20)23-18(27)24-16(25)15-13(21)5-4-6-14(15)22/h4-9H,1-3H3,(H2,23,24,25,27). The van der Waals surface area contributed by atoms with Crippen molar-refractivity contribution in [3.63, 3.8) is 0 Å². The smallest absolute Gasteiger partial charge is 0.340 e. The second kappa shape index (κ2) is 8.35. The van der Waals surface area contributed by atoms with Crippen LogP contribution in [0.25, 0.3) is 0 Å². The predicted molar refractivity (Wildman–Crippen MR) is 99.5 cm³/mol. The van der Waals surface area contributed by atoms with E-state index in [4.69, 9.17) is 16.3 Å². The fourth-order valence-corrected chi connectivity index (χ4v) is 2.39. The molecule has 0 heterocycles. The minimum atomic E-state index is -1.25. The van der Waals surface area contributed by atoms with E-state index in [2.05, 4.69) is 5.32 Å². The molecule has 2 rings (SSSR count). The molecule has 0 radical (unpaired) electrons. The van der Waals surface area contributed by atoms with Gasteiger partial charge in [0, 0.05) is 5.69 Å². The molecule has 6 nitrogen and oxygen atoms in total. The summed E-state index contributed by atoms with van der Waals surface area (Å²) in [5.41, 5.74) is -1.35. The average Bonchev–Trinajstić information content (AvgIpc) is 2.52. The maximum Gasteiger partial charge on any atom is 0.340 e. The molecule has 0 aliphatic carbocycles. The first-order valence-electron chi connectivity index (χ1n) is 8.07. The molecule has 0 atom stereocenters. The van der Waals surface area contributed by atoms with E-state index in [9.17, 15) is 23.2 Å². The minimum absolute atomic E-state index is 0.0125. The van der Waals surface area contributed by atoms with E-state index in [0.29, 0.717) is 0 Å². The van der Waals surface area contributed by atoms with Crippen LogP contribution in [0.1, 0.15) is 41.5 Å². The number of hydrogen-bond donors (Lipinski definition) is 2. The number of rotatable bonds is 3. The number of nitrogens with one attached hydrogen (secondary N) is 2. The van der Waals surface area contributed by atoms with Crippen molar-refractivity contribution >= 4 is 35.2 Å². The van der Waals surface area contributed by atoms with Crippen molar-refractivity contribution in [2.45, 2.75) is 26.4 Å².